The Kier molecular flexibility index (Phi) is 6.20. The molecule has 8 aromatic rings. The highest BCUT2D eigenvalue weighted by Crippen LogP contribution is 2.49. The van der Waals surface area contributed by atoms with Gasteiger partial charge in [0.05, 0.1) is 5.69 Å². The summed E-state index contributed by atoms with van der Waals surface area (Å²) in [6.45, 7) is 0. The van der Waals surface area contributed by atoms with Gasteiger partial charge in [0.1, 0.15) is 0 Å². The quantitative estimate of drug-likeness (QED) is 0.194. The Labute approximate surface area is 251 Å². The number of benzene rings is 8. The Balaban J connectivity index is 1.54. The lowest BCUT2D eigenvalue weighted by Crippen LogP contribution is -2.11. The van der Waals surface area contributed by atoms with E-state index in [4.69, 9.17) is 0 Å². The molecule has 8 aromatic carbocycles. The van der Waals surface area contributed by atoms with Gasteiger partial charge >= 0.3 is 0 Å². The van der Waals surface area contributed by atoms with Crippen LogP contribution >= 0.6 is 0 Å². The summed E-state index contributed by atoms with van der Waals surface area (Å²) in [4.78, 5) is 2.40. The maximum absolute atomic E-state index is 2.40. The van der Waals surface area contributed by atoms with Crippen LogP contribution < -0.4 is 4.90 Å². The first-order valence-corrected chi connectivity index (χ1v) is 14.8. The Morgan fingerprint density at radius 1 is 0.302 bits per heavy atom. The van der Waals surface area contributed by atoms with Gasteiger partial charge in [0.25, 0.3) is 0 Å². The highest BCUT2D eigenvalue weighted by atomic mass is 15.1. The highest BCUT2D eigenvalue weighted by molar-refractivity contribution is 6.17. The van der Waals surface area contributed by atoms with Crippen LogP contribution in [0.15, 0.2) is 176 Å². The monoisotopic (exact) mass is 547 g/mol. The first-order chi connectivity index (χ1) is 21.4. The topological polar surface area (TPSA) is 3.24 Å². The minimum Gasteiger partial charge on any atom is -0.310 e. The molecule has 202 valence electrons. The zero-order valence-corrected chi connectivity index (χ0v) is 23.7. The van der Waals surface area contributed by atoms with E-state index < -0.39 is 0 Å². The summed E-state index contributed by atoms with van der Waals surface area (Å²) in [6, 6.07) is 63.5. The van der Waals surface area contributed by atoms with Crippen LogP contribution in [0.4, 0.5) is 17.1 Å². The lowest BCUT2D eigenvalue weighted by molar-refractivity contribution is 1.28. The first-order valence-electron chi connectivity index (χ1n) is 14.8. The van der Waals surface area contributed by atoms with E-state index in [0.717, 1.165) is 17.1 Å². The van der Waals surface area contributed by atoms with Crippen LogP contribution in [0.1, 0.15) is 0 Å². The molecule has 0 atom stereocenters. The third-order valence-corrected chi connectivity index (χ3v) is 8.43. The molecular weight excluding hydrogens is 518 g/mol. The molecule has 0 bridgehead atoms. The van der Waals surface area contributed by atoms with Gasteiger partial charge in [-0.3, -0.25) is 0 Å². The second-order valence-corrected chi connectivity index (χ2v) is 10.9. The number of fused-ring (bicyclic) bond motifs is 4. The molecule has 0 N–H and O–H groups in total. The Bertz CT molecular complexity index is 2190. The highest BCUT2D eigenvalue weighted by Gasteiger charge is 2.23. The van der Waals surface area contributed by atoms with Crippen LogP contribution in [0.3, 0.4) is 0 Å². The van der Waals surface area contributed by atoms with Crippen LogP contribution in [-0.2, 0) is 0 Å². The summed E-state index contributed by atoms with van der Waals surface area (Å²) in [7, 11) is 0. The third-order valence-electron chi connectivity index (χ3n) is 8.43. The number of anilines is 3. The lowest BCUT2D eigenvalue weighted by atomic mass is 9.86. The molecule has 0 radical (unpaired) electrons. The molecule has 1 heteroatoms. The molecule has 0 spiro atoms. The molecule has 43 heavy (non-hydrogen) atoms. The largest absolute Gasteiger partial charge is 0.310 e. The van der Waals surface area contributed by atoms with E-state index in [-0.39, 0.29) is 0 Å². The normalized spacial score (nSPS) is 11.3. The van der Waals surface area contributed by atoms with Crippen molar-refractivity contribution in [2.75, 3.05) is 4.90 Å². The van der Waals surface area contributed by atoms with Crippen molar-refractivity contribution in [1.29, 1.82) is 0 Å². The van der Waals surface area contributed by atoms with Crippen LogP contribution in [0.2, 0.25) is 0 Å². The van der Waals surface area contributed by atoms with Crippen molar-refractivity contribution >= 4 is 49.4 Å². The summed E-state index contributed by atoms with van der Waals surface area (Å²) in [5.74, 6) is 0. The standard InChI is InChI=1S/C42H29N/c1-3-18-32(19-4-1)43(33-20-5-2-6-21-33)41-28-14-27-39(37-26-13-17-30-15-7-9-22-34(30)37)42(41)40-29-31-16-8-10-23-35(31)36-24-11-12-25-38(36)40/h1-29H. The smallest absolute Gasteiger partial charge is 0.0546 e. The molecule has 0 unspecified atom stereocenters. The van der Waals surface area contributed by atoms with Crippen LogP contribution in [-0.4, -0.2) is 0 Å². The van der Waals surface area contributed by atoms with Crippen LogP contribution in [0.5, 0.6) is 0 Å². The Morgan fingerprint density at radius 3 is 1.53 bits per heavy atom. The third kappa shape index (κ3) is 4.34. The van der Waals surface area contributed by atoms with Gasteiger partial charge in [-0.1, -0.05) is 140 Å². The SMILES string of the molecule is c1ccc(N(c2ccccc2)c2cccc(-c3cccc4ccccc34)c2-c2cc3ccccc3c3ccccc23)cc1. The van der Waals surface area contributed by atoms with E-state index in [1.54, 1.807) is 0 Å². The van der Waals surface area contributed by atoms with Crippen molar-refractivity contribution in [2.45, 2.75) is 0 Å². The second-order valence-electron chi connectivity index (χ2n) is 10.9. The van der Waals surface area contributed by atoms with E-state index in [0.29, 0.717) is 0 Å². The fourth-order valence-electron chi connectivity index (χ4n) is 6.54. The summed E-state index contributed by atoms with van der Waals surface area (Å²) in [6.07, 6.45) is 0. The van der Waals surface area contributed by atoms with Crippen LogP contribution in [0.25, 0.3) is 54.6 Å². The van der Waals surface area contributed by atoms with E-state index in [2.05, 4.69) is 181 Å². The fourth-order valence-corrected chi connectivity index (χ4v) is 6.54. The minimum absolute atomic E-state index is 1.12. The zero-order chi connectivity index (χ0) is 28.6. The summed E-state index contributed by atoms with van der Waals surface area (Å²) < 4.78 is 0. The van der Waals surface area contributed by atoms with Gasteiger partial charge in [-0.25, -0.2) is 0 Å². The van der Waals surface area contributed by atoms with Crippen molar-refractivity contribution in [3.8, 4) is 22.3 Å². The van der Waals surface area contributed by atoms with Crippen molar-refractivity contribution in [2.24, 2.45) is 0 Å². The molecule has 0 aliphatic heterocycles. The first kappa shape index (κ1) is 25.1. The number of hydrogen-bond donors (Lipinski definition) is 0. The summed E-state index contributed by atoms with van der Waals surface area (Å²) >= 11 is 0. The van der Waals surface area contributed by atoms with E-state index in [1.807, 2.05) is 0 Å². The maximum Gasteiger partial charge on any atom is 0.0546 e. The van der Waals surface area contributed by atoms with Crippen molar-refractivity contribution in [3.63, 3.8) is 0 Å². The predicted octanol–water partition coefficient (Wildman–Crippen LogP) is 11.9. The molecule has 1 nitrogen and oxygen atoms in total. The van der Waals surface area contributed by atoms with E-state index >= 15 is 0 Å². The second kappa shape index (κ2) is 10.6. The molecule has 0 amide bonds. The van der Waals surface area contributed by atoms with E-state index in [1.165, 1.54) is 54.6 Å². The minimum atomic E-state index is 1.12. The van der Waals surface area contributed by atoms with Crippen molar-refractivity contribution in [3.05, 3.63) is 176 Å². The van der Waals surface area contributed by atoms with Gasteiger partial charge in [0.15, 0.2) is 0 Å². The fraction of sp³-hybridized carbons (Fsp3) is 0. The summed E-state index contributed by atoms with van der Waals surface area (Å²) in [5, 5.41) is 7.51. The van der Waals surface area contributed by atoms with Gasteiger partial charge in [-0.2, -0.15) is 0 Å². The molecular formula is C42H29N. The Hall–Kier alpha value is -5.66. The number of hydrogen-bond acceptors (Lipinski definition) is 1. The van der Waals surface area contributed by atoms with Gasteiger partial charge < -0.3 is 4.90 Å². The Morgan fingerprint density at radius 2 is 0.814 bits per heavy atom. The molecule has 8 rings (SSSR count). The molecule has 0 aliphatic carbocycles. The van der Waals surface area contributed by atoms with Gasteiger partial charge in [-0.05, 0) is 85.4 Å². The average molecular weight is 548 g/mol. The van der Waals surface area contributed by atoms with Gasteiger partial charge in [0.2, 0.25) is 0 Å². The molecule has 0 fully saturated rings. The predicted molar refractivity (Wildman–Crippen MR) is 185 cm³/mol. The summed E-state index contributed by atoms with van der Waals surface area (Å²) in [5.41, 5.74) is 8.27. The van der Waals surface area contributed by atoms with Gasteiger partial charge in [-0.15, -0.1) is 0 Å². The van der Waals surface area contributed by atoms with Gasteiger partial charge in [0, 0.05) is 16.9 Å². The van der Waals surface area contributed by atoms with Crippen LogP contribution in [0, 0.1) is 0 Å². The molecule has 0 saturated carbocycles. The lowest BCUT2D eigenvalue weighted by Gasteiger charge is -2.30. The van der Waals surface area contributed by atoms with Crippen molar-refractivity contribution < 1.29 is 0 Å². The van der Waals surface area contributed by atoms with E-state index in [9.17, 15) is 0 Å². The molecule has 0 aliphatic rings. The molecule has 0 aromatic heterocycles. The zero-order valence-electron chi connectivity index (χ0n) is 23.7. The number of nitrogens with zero attached hydrogens (tertiary/aromatic N) is 1. The molecule has 0 heterocycles. The van der Waals surface area contributed by atoms with Crippen molar-refractivity contribution in [1.82, 2.24) is 0 Å². The number of rotatable bonds is 5. The number of para-hydroxylation sites is 2. The molecule has 0 saturated heterocycles. The average Bonchev–Trinajstić information content (AvgIpc) is 3.09. The maximum atomic E-state index is 2.40.